The van der Waals surface area contributed by atoms with Crippen molar-refractivity contribution in [2.24, 2.45) is 0 Å². The van der Waals surface area contributed by atoms with Gasteiger partial charge in [0, 0.05) is 38.3 Å². The fraction of sp³-hybridized carbons (Fsp3) is 0.586. The summed E-state index contributed by atoms with van der Waals surface area (Å²) in [5.41, 5.74) is 0.991. The van der Waals surface area contributed by atoms with Crippen LogP contribution in [0.2, 0.25) is 0 Å². The molecule has 2 aliphatic heterocycles. The lowest BCUT2D eigenvalue weighted by Gasteiger charge is -2.35. The number of aliphatic hydroxyl groups is 1. The van der Waals surface area contributed by atoms with E-state index in [2.05, 4.69) is 4.98 Å². The van der Waals surface area contributed by atoms with Crippen LogP contribution in [0.25, 0.3) is 16.9 Å². The number of morpholine rings is 1. The first-order valence-electron chi connectivity index (χ1n) is 14.7. The molecule has 6 rings (SSSR count). The van der Waals surface area contributed by atoms with Crippen molar-refractivity contribution in [3.8, 4) is 11.7 Å². The van der Waals surface area contributed by atoms with E-state index in [1.807, 2.05) is 21.7 Å². The molecule has 13 heteroatoms. The summed E-state index contributed by atoms with van der Waals surface area (Å²) in [6.07, 6.45) is 0.952. The van der Waals surface area contributed by atoms with Crippen LogP contribution >= 0.6 is 0 Å². The molecule has 1 aromatic carbocycles. The second kappa shape index (κ2) is 12.4. The largest absolute Gasteiger partial charge is 0.474 e. The maximum Gasteiger partial charge on any atom is 0.296 e. The minimum atomic E-state index is -2.80. The summed E-state index contributed by atoms with van der Waals surface area (Å²) < 4.78 is 41.6. The number of hydrogen-bond donors (Lipinski definition) is 1. The topological polar surface area (TPSA) is 109 Å². The van der Waals surface area contributed by atoms with Crippen LogP contribution in [0.3, 0.4) is 0 Å². The van der Waals surface area contributed by atoms with Crippen LogP contribution in [0, 0.1) is 0 Å². The average Bonchev–Trinajstić information content (AvgIpc) is 3.59. The van der Waals surface area contributed by atoms with Gasteiger partial charge in [0.15, 0.2) is 5.82 Å². The number of aliphatic hydroxyl groups excluding tert-OH is 1. The van der Waals surface area contributed by atoms with Crippen LogP contribution in [0.1, 0.15) is 44.4 Å². The summed E-state index contributed by atoms with van der Waals surface area (Å²) in [6, 6.07) is 8.59. The van der Waals surface area contributed by atoms with Gasteiger partial charge in [-0.05, 0) is 51.3 Å². The van der Waals surface area contributed by atoms with Gasteiger partial charge in [-0.15, -0.1) is 0 Å². The van der Waals surface area contributed by atoms with Gasteiger partial charge in [0.1, 0.15) is 11.9 Å². The number of carbonyl (C=O) groups is 1. The highest BCUT2D eigenvalue weighted by Crippen LogP contribution is 2.33. The molecular weight excluding hydrogens is 548 g/mol. The lowest BCUT2D eigenvalue weighted by molar-refractivity contribution is -0.134. The maximum absolute atomic E-state index is 14.2. The Labute approximate surface area is 243 Å². The quantitative estimate of drug-likeness (QED) is 0.406. The summed E-state index contributed by atoms with van der Waals surface area (Å²) in [6.45, 7) is 3.44. The van der Waals surface area contributed by atoms with Crippen molar-refractivity contribution in [1.82, 2.24) is 29.3 Å². The molecule has 1 amide bonds. The lowest BCUT2D eigenvalue weighted by Crippen LogP contribution is -2.46. The molecule has 0 bridgehead atoms. The van der Waals surface area contributed by atoms with E-state index in [4.69, 9.17) is 19.4 Å². The number of alkyl halides is 2. The van der Waals surface area contributed by atoms with Gasteiger partial charge in [0.25, 0.3) is 6.43 Å². The van der Waals surface area contributed by atoms with Gasteiger partial charge >= 0.3 is 0 Å². The standard InChI is InChI=1S/C29H37F2N7O4/c1-35(12-15-39)23-10-11-37(28(23)40)19-6-8-20(9-7-19)42-25-18-24(33-29(34-25)36-13-16-41-17-14-36)38-22-5-3-2-4-21(22)32-27(38)26(30)31/h2-5,18-20,23,26,39H,6-17H2,1H3/t19-,20-,23-/m0/s1. The summed E-state index contributed by atoms with van der Waals surface area (Å²) >= 11 is 0. The van der Waals surface area contributed by atoms with E-state index >= 15 is 0 Å². The monoisotopic (exact) mass is 585 g/mol. The van der Waals surface area contributed by atoms with E-state index in [1.54, 1.807) is 30.3 Å². The molecule has 1 aliphatic carbocycles. The number of halogens is 2. The molecule has 1 N–H and O–H groups in total. The number of hydrogen-bond acceptors (Lipinski definition) is 9. The van der Waals surface area contributed by atoms with Crippen molar-refractivity contribution in [1.29, 1.82) is 0 Å². The molecule has 3 aliphatic rings. The van der Waals surface area contributed by atoms with E-state index < -0.39 is 6.43 Å². The van der Waals surface area contributed by atoms with Crippen LogP contribution in [-0.2, 0) is 9.53 Å². The number of aromatic nitrogens is 4. The Kier molecular flexibility index (Phi) is 8.50. The van der Waals surface area contributed by atoms with Gasteiger partial charge in [0.05, 0.1) is 36.9 Å². The van der Waals surface area contributed by atoms with Crippen molar-refractivity contribution in [3.63, 3.8) is 0 Å². The number of anilines is 1. The highest BCUT2D eigenvalue weighted by Gasteiger charge is 2.39. The van der Waals surface area contributed by atoms with Crippen molar-refractivity contribution >= 4 is 22.9 Å². The summed E-state index contributed by atoms with van der Waals surface area (Å²) in [7, 11) is 1.88. The Morgan fingerprint density at radius 1 is 1.07 bits per heavy atom. The zero-order valence-corrected chi connectivity index (χ0v) is 23.7. The van der Waals surface area contributed by atoms with Gasteiger partial charge in [0.2, 0.25) is 17.7 Å². The van der Waals surface area contributed by atoms with Gasteiger partial charge in [-0.2, -0.15) is 9.97 Å². The number of imidazole rings is 1. The fourth-order valence-electron chi connectivity index (χ4n) is 6.33. The smallest absolute Gasteiger partial charge is 0.296 e. The molecule has 3 aromatic rings. The molecule has 3 fully saturated rings. The van der Waals surface area contributed by atoms with Crippen LogP contribution < -0.4 is 9.64 Å². The number of para-hydroxylation sites is 2. The number of carbonyl (C=O) groups excluding carboxylic acids is 1. The first-order valence-corrected chi connectivity index (χ1v) is 14.7. The molecular formula is C29H37F2N7O4. The molecule has 2 saturated heterocycles. The Balaban J connectivity index is 1.22. The predicted molar refractivity (Wildman–Crippen MR) is 151 cm³/mol. The number of fused-ring (bicyclic) bond motifs is 1. The predicted octanol–water partition coefficient (Wildman–Crippen LogP) is 2.80. The Hall–Kier alpha value is -3.42. The lowest BCUT2D eigenvalue weighted by atomic mass is 9.92. The molecule has 0 radical (unpaired) electrons. The fourth-order valence-corrected chi connectivity index (χ4v) is 6.33. The molecule has 1 atom stereocenters. The van der Waals surface area contributed by atoms with Gasteiger partial charge in [-0.25, -0.2) is 13.8 Å². The van der Waals surface area contributed by atoms with Crippen LogP contribution in [-0.4, -0.2) is 112 Å². The first-order chi connectivity index (χ1) is 20.4. The number of ether oxygens (including phenoxy) is 2. The highest BCUT2D eigenvalue weighted by atomic mass is 19.3. The number of rotatable bonds is 9. The number of likely N-dealkylation sites (N-methyl/N-ethyl adjacent to an activating group) is 1. The van der Waals surface area contributed by atoms with Gasteiger partial charge in [-0.1, -0.05) is 12.1 Å². The minimum absolute atomic E-state index is 0.0290. The maximum atomic E-state index is 14.2. The molecule has 4 heterocycles. The van der Waals surface area contributed by atoms with Crippen LogP contribution in [0.5, 0.6) is 5.88 Å². The zero-order chi connectivity index (χ0) is 29.2. The summed E-state index contributed by atoms with van der Waals surface area (Å²) in [5.74, 6) is 0.754. The molecule has 1 saturated carbocycles. The number of benzene rings is 1. The highest BCUT2D eigenvalue weighted by molar-refractivity contribution is 5.84. The molecule has 0 unspecified atom stereocenters. The van der Waals surface area contributed by atoms with Gasteiger partial charge in [-0.3, -0.25) is 14.3 Å². The molecule has 11 nitrogen and oxygen atoms in total. The minimum Gasteiger partial charge on any atom is -0.474 e. The van der Waals surface area contributed by atoms with Gasteiger partial charge < -0.3 is 24.4 Å². The van der Waals surface area contributed by atoms with Crippen molar-refractivity contribution in [2.45, 2.75) is 56.7 Å². The molecule has 42 heavy (non-hydrogen) atoms. The van der Waals surface area contributed by atoms with E-state index in [-0.39, 0.29) is 42.3 Å². The average molecular weight is 586 g/mol. The zero-order valence-electron chi connectivity index (χ0n) is 23.7. The van der Waals surface area contributed by atoms with Crippen molar-refractivity contribution in [2.75, 3.05) is 57.9 Å². The van der Waals surface area contributed by atoms with Crippen LogP contribution in [0.4, 0.5) is 14.7 Å². The third kappa shape index (κ3) is 5.77. The van der Waals surface area contributed by atoms with E-state index in [9.17, 15) is 18.7 Å². The van der Waals surface area contributed by atoms with Crippen molar-refractivity contribution in [3.05, 3.63) is 36.2 Å². The second-order valence-electron chi connectivity index (χ2n) is 11.1. The van der Waals surface area contributed by atoms with E-state index in [0.29, 0.717) is 55.7 Å². The third-order valence-corrected chi connectivity index (χ3v) is 8.55. The number of amides is 1. The molecule has 0 spiro atoms. The first kappa shape index (κ1) is 28.7. The SMILES string of the molecule is CN(CCO)[C@H]1CCN([C@H]2CC[C@H](Oc3cc(-n4c(C(F)F)nc5ccccc54)nc(N4CCOCC4)n3)CC2)C1=O. The Morgan fingerprint density at radius 2 is 1.83 bits per heavy atom. The Bertz CT molecular complexity index is 1390. The van der Waals surface area contributed by atoms with E-state index in [1.165, 1.54) is 4.57 Å². The normalized spacial score (nSPS) is 23.5. The summed E-state index contributed by atoms with van der Waals surface area (Å²) in [4.78, 5) is 32.6. The molecule has 226 valence electrons. The van der Waals surface area contributed by atoms with Crippen LogP contribution in [0.15, 0.2) is 30.3 Å². The van der Waals surface area contributed by atoms with Crippen molar-refractivity contribution < 1.29 is 28.2 Å². The summed E-state index contributed by atoms with van der Waals surface area (Å²) in [5, 5.41) is 9.26. The number of likely N-dealkylation sites (tertiary alicyclic amines) is 1. The van der Waals surface area contributed by atoms with E-state index in [0.717, 1.165) is 38.6 Å². The third-order valence-electron chi connectivity index (χ3n) is 8.55. The number of nitrogens with zero attached hydrogens (tertiary/aromatic N) is 7. The Morgan fingerprint density at radius 3 is 2.57 bits per heavy atom. The molecule has 2 aromatic heterocycles. The second-order valence-corrected chi connectivity index (χ2v) is 11.1.